The SMILES string of the molecule is Cc1ccc(C2CC(=O)c3c(C)cc(C)cc3O2)cc1. The fraction of sp³-hybridized carbons (Fsp3) is 0.278. The Bertz CT molecular complexity index is 669. The number of Topliss-reactive ketones (excluding diaryl/α,β-unsaturated/α-hetero) is 1. The van der Waals surface area contributed by atoms with Gasteiger partial charge >= 0.3 is 0 Å². The molecule has 2 nitrogen and oxygen atoms in total. The van der Waals surface area contributed by atoms with Crippen molar-refractivity contribution in [2.75, 3.05) is 0 Å². The van der Waals surface area contributed by atoms with Crippen molar-refractivity contribution in [2.24, 2.45) is 0 Å². The molecule has 0 amide bonds. The molecular formula is C18H18O2. The maximum absolute atomic E-state index is 12.4. The van der Waals surface area contributed by atoms with Crippen LogP contribution in [0.2, 0.25) is 0 Å². The molecule has 2 aromatic rings. The van der Waals surface area contributed by atoms with Gasteiger partial charge in [-0.1, -0.05) is 35.9 Å². The fourth-order valence-electron chi connectivity index (χ4n) is 2.81. The summed E-state index contributed by atoms with van der Waals surface area (Å²) in [4.78, 5) is 12.4. The summed E-state index contributed by atoms with van der Waals surface area (Å²) in [5.74, 6) is 0.902. The van der Waals surface area contributed by atoms with Crippen molar-refractivity contribution in [1.82, 2.24) is 0 Å². The smallest absolute Gasteiger partial charge is 0.170 e. The van der Waals surface area contributed by atoms with E-state index in [1.807, 2.05) is 38.1 Å². The minimum atomic E-state index is -0.170. The van der Waals surface area contributed by atoms with Gasteiger partial charge < -0.3 is 4.74 Å². The second kappa shape index (κ2) is 4.78. The molecule has 1 heterocycles. The molecule has 2 aromatic carbocycles. The van der Waals surface area contributed by atoms with Gasteiger partial charge in [0.25, 0.3) is 0 Å². The zero-order valence-corrected chi connectivity index (χ0v) is 12.1. The number of carbonyl (C=O) groups is 1. The van der Waals surface area contributed by atoms with Crippen molar-refractivity contribution >= 4 is 5.78 Å². The highest BCUT2D eigenvalue weighted by Crippen LogP contribution is 2.37. The van der Waals surface area contributed by atoms with Gasteiger partial charge in [-0.15, -0.1) is 0 Å². The third-order valence-electron chi connectivity index (χ3n) is 3.81. The molecule has 0 fully saturated rings. The first kappa shape index (κ1) is 12.9. The number of hydrogen-bond donors (Lipinski definition) is 0. The van der Waals surface area contributed by atoms with Crippen LogP contribution in [0, 0.1) is 20.8 Å². The van der Waals surface area contributed by atoms with E-state index in [2.05, 4.69) is 19.1 Å². The molecule has 2 heteroatoms. The lowest BCUT2D eigenvalue weighted by atomic mass is 9.92. The fourth-order valence-corrected chi connectivity index (χ4v) is 2.81. The highest BCUT2D eigenvalue weighted by Gasteiger charge is 2.29. The summed E-state index contributed by atoms with van der Waals surface area (Å²) in [6.45, 7) is 6.05. The van der Waals surface area contributed by atoms with Gasteiger partial charge in [0, 0.05) is 0 Å². The van der Waals surface area contributed by atoms with Crippen LogP contribution in [0.3, 0.4) is 0 Å². The lowest BCUT2D eigenvalue weighted by Gasteiger charge is -2.27. The van der Waals surface area contributed by atoms with E-state index >= 15 is 0 Å². The van der Waals surface area contributed by atoms with Crippen LogP contribution in [0.5, 0.6) is 5.75 Å². The first-order valence-corrected chi connectivity index (χ1v) is 6.92. The molecular weight excluding hydrogens is 248 g/mol. The van der Waals surface area contributed by atoms with Crippen LogP contribution >= 0.6 is 0 Å². The van der Waals surface area contributed by atoms with E-state index in [1.54, 1.807) is 0 Å². The summed E-state index contributed by atoms with van der Waals surface area (Å²) in [6, 6.07) is 12.2. The van der Waals surface area contributed by atoms with E-state index in [0.29, 0.717) is 6.42 Å². The average molecular weight is 266 g/mol. The number of ether oxygens (including phenoxy) is 1. The van der Waals surface area contributed by atoms with Crippen LogP contribution in [0.4, 0.5) is 0 Å². The number of rotatable bonds is 1. The molecule has 0 saturated heterocycles. The topological polar surface area (TPSA) is 26.3 Å². The van der Waals surface area contributed by atoms with E-state index in [1.165, 1.54) is 5.56 Å². The van der Waals surface area contributed by atoms with Gasteiger partial charge in [0.2, 0.25) is 0 Å². The van der Waals surface area contributed by atoms with Gasteiger partial charge in [0.1, 0.15) is 11.9 Å². The quantitative estimate of drug-likeness (QED) is 0.768. The predicted octanol–water partition coefficient (Wildman–Crippen LogP) is 4.32. The Labute approximate surface area is 119 Å². The Morgan fingerprint density at radius 2 is 1.70 bits per heavy atom. The zero-order valence-electron chi connectivity index (χ0n) is 12.1. The molecule has 0 radical (unpaired) electrons. The van der Waals surface area contributed by atoms with Crippen LogP contribution in [0.25, 0.3) is 0 Å². The van der Waals surface area contributed by atoms with Crippen LogP contribution in [0.15, 0.2) is 36.4 Å². The summed E-state index contributed by atoms with van der Waals surface area (Å²) in [6.07, 6.45) is 0.247. The van der Waals surface area contributed by atoms with Crippen molar-refractivity contribution in [3.63, 3.8) is 0 Å². The predicted molar refractivity (Wildman–Crippen MR) is 79.4 cm³/mol. The number of fused-ring (bicyclic) bond motifs is 1. The molecule has 0 aliphatic carbocycles. The van der Waals surface area contributed by atoms with Crippen LogP contribution < -0.4 is 4.74 Å². The number of aryl methyl sites for hydroxylation is 3. The molecule has 1 aliphatic heterocycles. The minimum Gasteiger partial charge on any atom is -0.484 e. The van der Waals surface area contributed by atoms with Crippen molar-refractivity contribution < 1.29 is 9.53 Å². The van der Waals surface area contributed by atoms with E-state index in [9.17, 15) is 4.79 Å². The standard InChI is InChI=1S/C18H18O2/c1-11-4-6-14(7-5-11)16-10-15(19)18-13(3)8-12(2)9-17(18)20-16/h4-9,16H,10H2,1-3H3. The van der Waals surface area contributed by atoms with Crippen molar-refractivity contribution in [3.05, 3.63) is 64.2 Å². The van der Waals surface area contributed by atoms with E-state index in [-0.39, 0.29) is 11.9 Å². The summed E-state index contributed by atoms with van der Waals surface area (Å²) in [5, 5.41) is 0. The molecule has 0 aromatic heterocycles. The molecule has 1 unspecified atom stereocenters. The molecule has 3 rings (SSSR count). The number of hydrogen-bond acceptors (Lipinski definition) is 2. The molecule has 0 N–H and O–H groups in total. The van der Waals surface area contributed by atoms with Crippen molar-refractivity contribution in [3.8, 4) is 5.75 Å². The second-order valence-electron chi connectivity index (χ2n) is 5.60. The summed E-state index contributed by atoms with van der Waals surface area (Å²) in [7, 11) is 0. The Morgan fingerprint density at radius 3 is 2.40 bits per heavy atom. The van der Waals surface area contributed by atoms with Gasteiger partial charge in [0.05, 0.1) is 12.0 Å². The maximum atomic E-state index is 12.4. The maximum Gasteiger partial charge on any atom is 0.170 e. The van der Waals surface area contributed by atoms with Crippen molar-refractivity contribution in [2.45, 2.75) is 33.3 Å². The largest absolute Gasteiger partial charge is 0.484 e. The minimum absolute atomic E-state index is 0.170. The molecule has 0 spiro atoms. The second-order valence-corrected chi connectivity index (χ2v) is 5.60. The van der Waals surface area contributed by atoms with Gasteiger partial charge in [-0.25, -0.2) is 0 Å². The lowest BCUT2D eigenvalue weighted by molar-refractivity contribution is 0.0849. The molecule has 1 atom stereocenters. The number of benzene rings is 2. The molecule has 1 aliphatic rings. The van der Waals surface area contributed by atoms with Crippen molar-refractivity contribution in [1.29, 1.82) is 0 Å². The zero-order chi connectivity index (χ0) is 14.3. The third-order valence-corrected chi connectivity index (χ3v) is 3.81. The molecule has 0 saturated carbocycles. The van der Waals surface area contributed by atoms with E-state index in [4.69, 9.17) is 4.74 Å². The van der Waals surface area contributed by atoms with Crippen LogP contribution in [-0.4, -0.2) is 5.78 Å². The van der Waals surface area contributed by atoms with Gasteiger partial charge in [-0.3, -0.25) is 4.79 Å². The van der Waals surface area contributed by atoms with Gasteiger partial charge in [-0.05, 0) is 43.5 Å². The Balaban J connectivity index is 2.00. The number of ketones is 1. The summed E-state index contributed by atoms with van der Waals surface area (Å²) in [5.41, 5.74) is 5.15. The highest BCUT2D eigenvalue weighted by molar-refractivity contribution is 6.01. The van der Waals surface area contributed by atoms with Gasteiger partial charge in [0.15, 0.2) is 5.78 Å². The van der Waals surface area contributed by atoms with Crippen LogP contribution in [-0.2, 0) is 0 Å². The average Bonchev–Trinajstić information content (AvgIpc) is 2.38. The molecule has 102 valence electrons. The van der Waals surface area contributed by atoms with E-state index < -0.39 is 0 Å². The lowest BCUT2D eigenvalue weighted by Crippen LogP contribution is -2.21. The Hall–Kier alpha value is -2.09. The number of carbonyl (C=O) groups excluding carboxylic acids is 1. The normalized spacial score (nSPS) is 17.6. The third kappa shape index (κ3) is 2.22. The summed E-state index contributed by atoms with van der Waals surface area (Å²) >= 11 is 0. The summed E-state index contributed by atoms with van der Waals surface area (Å²) < 4.78 is 6.07. The molecule has 0 bridgehead atoms. The first-order valence-electron chi connectivity index (χ1n) is 6.92. The first-order chi connectivity index (χ1) is 9.54. The highest BCUT2D eigenvalue weighted by atomic mass is 16.5. The van der Waals surface area contributed by atoms with Gasteiger partial charge in [-0.2, -0.15) is 0 Å². The Kier molecular flexibility index (Phi) is 3.09. The Morgan fingerprint density at radius 1 is 1.00 bits per heavy atom. The molecule has 20 heavy (non-hydrogen) atoms. The van der Waals surface area contributed by atoms with E-state index in [0.717, 1.165) is 28.0 Å². The van der Waals surface area contributed by atoms with Crippen LogP contribution in [0.1, 0.15) is 45.1 Å². The monoisotopic (exact) mass is 266 g/mol.